The van der Waals surface area contributed by atoms with E-state index in [1.54, 1.807) is 29.0 Å². The van der Waals surface area contributed by atoms with Gasteiger partial charge in [0, 0.05) is 35.9 Å². The number of hydrogen-bond donors (Lipinski definition) is 0. The number of alkyl halides is 3. The van der Waals surface area contributed by atoms with Crippen LogP contribution in [0.15, 0.2) is 94.8 Å². The van der Waals surface area contributed by atoms with Crippen molar-refractivity contribution >= 4 is 0 Å². The first-order chi connectivity index (χ1) is 17.1. The molecule has 4 rings (SSSR count). The first kappa shape index (κ1) is 25.0. The van der Waals surface area contributed by atoms with Gasteiger partial charge in [0.15, 0.2) is 0 Å². The van der Waals surface area contributed by atoms with Crippen LogP contribution in [0.25, 0.3) is 11.4 Å². The summed E-state index contributed by atoms with van der Waals surface area (Å²) in [6.45, 7) is 4.04. The lowest BCUT2D eigenvalue weighted by Gasteiger charge is -2.14. The zero-order valence-corrected chi connectivity index (χ0v) is 19.8. The van der Waals surface area contributed by atoms with Crippen molar-refractivity contribution in [3.8, 4) is 17.1 Å². The molecule has 0 bridgehead atoms. The summed E-state index contributed by atoms with van der Waals surface area (Å²) in [4.78, 5) is 24.8. The number of halogens is 3. The second-order valence-electron chi connectivity index (χ2n) is 8.88. The molecule has 5 nitrogen and oxygen atoms in total. The number of nitrogens with zero attached hydrogens (tertiary/aromatic N) is 2. The van der Waals surface area contributed by atoms with Gasteiger partial charge in [0.2, 0.25) is 0 Å². The van der Waals surface area contributed by atoms with Crippen molar-refractivity contribution in [3.05, 3.63) is 123 Å². The molecule has 0 spiro atoms. The minimum Gasteiger partial charge on any atom is -0.406 e. The molecule has 0 saturated heterocycles. The molecule has 186 valence electrons. The van der Waals surface area contributed by atoms with Crippen LogP contribution in [-0.2, 0) is 12.8 Å². The molecule has 0 amide bonds. The molecule has 0 aliphatic heterocycles. The van der Waals surface area contributed by atoms with Crippen molar-refractivity contribution in [1.29, 1.82) is 0 Å². The average Bonchev–Trinajstić information content (AvgIpc) is 2.81. The molecule has 36 heavy (non-hydrogen) atoms. The molecule has 1 unspecified atom stereocenters. The molecule has 4 aromatic rings. The van der Waals surface area contributed by atoms with E-state index in [0.29, 0.717) is 12.1 Å². The topological polar surface area (TPSA) is 53.2 Å². The van der Waals surface area contributed by atoms with Crippen LogP contribution >= 0.6 is 0 Å². The Morgan fingerprint density at radius 1 is 0.778 bits per heavy atom. The standard InChI is InChI=1S/C28H25F3N2O3/c1-19-3-12-26(34)33(18-19)24-6-4-21(5-7-24)15-20(2)16-22-13-14-32(27(35)17-22)23-8-10-25(11-9-23)36-28(29,30)31/h3-14,17-18,20H,15-16H2,1-2H3. The molecule has 2 aromatic carbocycles. The maximum Gasteiger partial charge on any atom is 0.573 e. The van der Waals surface area contributed by atoms with Crippen molar-refractivity contribution < 1.29 is 17.9 Å². The van der Waals surface area contributed by atoms with Crippen LogP contribution in [0, 0.1) is 12.8 Å². The zero-order chi connectivity index (χ0) is 25.9. The monoisotopic (exact) mass is 494 g/mol. The predicted octanol–water partition coefficient (Wildman–Crippen LogP) is 5.62. The lowest BCUT2D eigenvalue weighted by atomic mass is 9.94. The molecule has 1 atom stereocenters. The maximum absolute atomic E-state index is 12.6. The summed E-state index contributed by atoms with van der Waals surface area (Å²) in [6.07, 6.45) is 0.157. The van der Waals surface area contributed by atoms with Gasteiger partial charge in [-0.1, -0.05) is 25.1 Å². The normalized spacial score (nSPS) is 12.4. The van der Waals surface area contributed by atoms with Gasteiger partial charge in [-0.2, -0.15) is 0 Å². The number of ether oxygens (including phenoxy) is 1. The molecule has 0 fully saturated rings. The Balaban J connectivity index is 1.40. The molecule has 0 aliphatic carbocycles. The minimum absolute atomic E-state index is 0.0814. The summed E-state index contributed by atoms with van der Waals surface area (Å²) < 4.78 is 43.9. The van der Waals surface area contributed by atoms with Crippen molar-refractivity contribution in [2.45, 2.75) is 33.1 Å². The summed E-state index contributed by atoms with van der Waals surface area (Å²) in [7, 11) is 0. The van der Waals surface area contributed by atoms with Gasteiger partial charge in [0.05, 0.1) is 0 Å². The van der Waals surface area contributed by atoms with Crippen molar-refractivity contribution in [1.82, 2.24) is 9.13 Å². The third-order valence-corrected chi connectivity index (χ3v) is 5.77. The van der Waals surface area contributed by atoms with Crippen LogP contribution in [0.5, 0.6) is 5.75 Å². The number of pyridine rings is 2. The van der Waals surface area contributed by atoms with Crippen LogP contribution < -0.4 is 15.9 Å². The van der Waals surface area contributed by atoms with E-state index in [2.05, 4.69) is 11.7 Å². The predicted molar refractivity (Wildman–Crippen MR) is 132 cm³/mol. The van der Waals surface area contributed by atoms with E-state index in [1.807, 2.05) is 43.5 Å². The molecule has 0 aliphatic rings. The van der Waals surface area contributed by atoms with Crippen LogP contribution in [0.1, 0.15) is 23.6 Å². The van der Waals surface area contributed by atoms with E-state index in [0.717, 1.165) is 28.8 Å². The van der Waals surface area contributed by atoms with Crippen molar-refractivity contribution in [2.75, 3.05) is 0 Å². The number of aryl methyl sites for hydroxylation is 1. The third kappa shape index (κ3) is 6.33. The van der Waals surface area contributed by atoms with Gasteiger partial charge in [-0.25, -0.2) is 0 Å². The van der Waals surface area contributed by atoms with Crippen LogP contribution in [-0.4, -0.2) is 15.5 Å². The second kappa shape index (κ2) is 10.3. The Labute approximate surface area is 206 Å². The van der Waals surface area contributed by atoms with Gasteiger partial charge in [0.1, 0.15) is 5.75 Å². The van der Waals surface area contributed by atoms with Crippen LogP contribution in [0.3, 0.4) is 0 Å². The van der Waals surface area contributed by atoms with Gasteiger partial charge in [-0.05, 0) is 84.8 Å². The highest BCUT2D eigenvalue weighted by molar-refractivity contribution is 5.38. The molecule has 8 heteroatoms. The van der Waals surface area contributed by atoms with E-state index in [1.165, 1.54) is 28.8 Å². The average molecular weight is 495 g/mol. The fourth-order valence-corrected chi connectivity index (χ4v) is 4.13. The highest BCUT2D eigenvalue weighted by Crippen LogP contribution is 2.23. The summed E-state index contributed by atoms with van der Waals surface area (Å²) >= 11 is 0. The summed E-state index contributed by atoms with van der Waals surface area (Å²) in [5.41, 5.74) is 3.91. The first-order valence-corrected chi connectivity index (χ1v) is 11.4. The third-order valence-electron chi connectivity index (χ3n) is 5.77. The highest BCUT2D eigenvalue weighted by atomic mass is 19.4. The molecule has 2 heterocycles. The second-order valence-corrected chi connectivity index (χ2v) is 8.88. The number of hydrogen-bond acceptors (Lipinski definition) is 3. The summed E-state index contributed by atoms with van der Waals surface area (Å²) in [5.74, 6) is -0.0877. The van der Waals surface area contributed by atoms with E-state index in [4.69, 9.17) is 0 Å². The van der Waals surface area contributed by atoms with Crippen molar-refractivity contribution in [2.24, 2.45) is 5.92 Å². The molecule has 0 saturated carbocycles. The molecular weight excluding hydrogens is 469 g/mol. The number of aromatic nitrogens is 2. The maximum atomic E-state index is 12.6. The number of benzene rings is 2. The molecule has 0 N–H and O–H groups in total. The first-order valence-electron chi connectivity index (χ1n) is 11.4. The van der Waals surface area contributed by atoms with E-state index in [9.17, 15) is 22.8 Å². The lowest BCUT2D eigenvalue weighted by molar-refractivity contribution is -0.274. The summed E-state index contributed by atoms with van der Waals surface area (Å²) in [5, 5.41) is 0. The zero-order valence-electron chi connectivity index (χ0n) is 19.8. The quantitative estimate of drug-likeness (QED) is 0.335. The van der Waals surface area contributed by atoms with Crippen LogP contribution in [0.4, 0.5) is 13.2 Å². The van der Waals surface area contributed by atoms with Gasteiger partial charge in [0.25, 0.3) is 11.1 Å². The number of rotatable bonds is 7. The fraction of sp³-hybridized carbons (Fsp3) is 0.214. The smallest absolute Gasteiger partial charge is 0.406 e. The van der Waals surface area contributed by atoms with Gasteiger partial charge >= 0.3 is 6.36 Å². The fourth-order valence-electron chi connectivity index (χ4n) is 4.13. The Kier molecular flexibility index (Phi) is 7.15. The van der Waals surface area contributed by atoms with Crippen molar-refractivity contribution in [3.63, 3.8) is 0 Å². The Hall–Kier alpha value is -4.07. The van der Waals surface area contributed by atoms with Gasteiger partial charge in [-0.3, -0.25) is 18.7 Å². The van der Waals surface area contributed by atoms with Gasteiger partial charge < -0.3 is 4.74 Å². The minimum atomic E-state index is -4.76. The van der Waals surface area contributed by atoms with E-state index < -0.39 is 6.36 Å². The van der Waals surface area contributed by atoms with E-state index in [-0.39, 0.29) is 22.8 Å². The Bertz CT molecular complexity index is 1450. The van der Waals surface area contributed by atoms with E-state index >= 15 is 0 Å². The Morgan fingerprint density at radius 3 is 2.03 bits per heavy atom. The molecule has 2 aromatic heterocycles. The SMILES string of the molecule is Cc1ccc(=O)n(-c2ccc(CC(C)Cc3ccn(-c4ccc(OC(F)(F)F)cc4)c(=O)c3)cc2)c1. The summed E-state index contributed by atoms with van der Waals surface area (Å²) in [6, 6.07) is 19.7. The molecule has 0 radical (unpaired) electrons. The Morgan fingerprint density at radius 2 is 1.39 bits per heavy atom. The lowest BCUT2D eigenvalue weighted by Crippen LogP contribution is -2.19. The van der Waals surface area contributed by atoms with Crippen LogP contribution in [0.2, 0.25) is 0 Å². The molecular formula is C28H25F3N2O3. The largest absolute Gasteiger partial charge is 0.573 e. The van der Waals surface area contributed by atoms with Gasteiger partial charge in [-0.15, -0.1) is 13.2 Å². The highest BCUT2D eigenvalue weighted by Gasteiger charge is 2.31.